The van der Waals surface area contributed by atoms with E-state index in [-0.39, 0.29) is 6.04 Å². The highest BCUT2D eigenvalue weighted by molar-refractivity contribution is 7.09. The molecule has 2 aromatic rings. The van der Waals surface area contributed by atoms with Crippen molar-refractivity contribution in [3.63, 3.8) is 0 Å². The van der Waals surface area contributed by atoms with E-state index in [2.05, 4.69) is 10.3 Å². The topological polar surface area (TPSA) is 77.2 Å². The Balaban J connectivity index is 1.99. The molecule has 1 aromatic heterocycles. The highest BCUT2D eigenvalue weighted by Crippen LogP contribution is 2.20. The summed E-state index contributed by atoms with van der Waals surface area (Å²) in [6.45, 7) is 5.49. The largest absolute Gasteiger partial charge is 0.444 e. The molecule has 0 unspecified atom stereocenters. The molecule has 0 spiro atoms. The maximum Gasteiger partial charge on any atom is 0.412 e. The van der Waals surface area contributed by atoms with Gasteiger partial charge in [0.25, 0.3) is 0 Å². The second-order valence-electron chi connectivity index (χ2n) is 6.01. The summed E-state index contributed by atoms with van der Waals surface area (Å²) in [4.78, 5) is 16.0. The van der Waals surface area contributed by atoms with Gasteiger partial charge < -0.3 is 10.5 Å². The van der Waals surface area contributed by atoms with Gasteiger partial charge in [0.15, 0.2) is 0 Å². The number of nitrogens with zero attached hydrogens (tertiary/aromatic N) is 1. The number of anilines is 1. The molecular weight excluding hydrogens is 298 g/mol. The Morgan fingerprint density at radius 3 is 2.86 bits per heavy atom. The SMILES string of the molecule is CC(C)(C)OC(=O)Nc1cccc(C[C@H](N)c2nccs2)c1. The van der Waals surface area contributed by atoms with E-state index >= 15 is 0 Å². The van der Waals surface area contributed by atoms with E-state index in [0.29, 0.717) is 12.1 Å². The van der Waals surface area contributed by atoms with Crippen LogP contribution in [-0.4, -0.2) is 16.7 Å². The average molecular weight is 319 g/mol. The molecule has 0 aliphatic rings. The molecule has 0 fully saturated rings. The fourth-order valence-corrected chi connectivity index (χ4v) is 2.60. The maximum atomic E-state index is 11.8. The molecule has 0 aliphatic carbocycles. The van der Waals surface area contributed by atoms with Crippen LogP contribution in [0.5, 0.6) is 0 Å². The van der Waals surface area contributed by atoms with E-state index in [1.807, 2.05) is 50.4 Å². The third-order valence-electron chi connectivity index (χ3n) is 2.80. The number of amides is 1. The van der Waals surface area contributed by atoms with Crippen molar-refractivity contribution in [3.8, 4) is 0 Å². The first-order valence-electron chi connectivity index (χ1n) is 7.07. The monoisotopic (exact) mass is 319 g/mol. The predicted molar refractivity (Wildman–Crippen MR) is 89.0 cm³/mol. The smallest absolute Gasteiger partial charge is 0.412 e. The Hall–Kier alpha value is -1.92. The Labute approximate surface area is 134 Å². The summed E-state index contributed by atoms with van der Waals surface area (Å²) in [6.07, 6.45) is 1.95. The van der Waals surface area contributed by atoms with Gasteiger partial charge in [0.1, 0.15) is 10.6 Å². The number of carbonyl (C=O) groups excluding carboxylic acids is 1. The highest BCUT2D eigenvalue weighted by Gasteiger charge is 2.16. The second-order valence-corrected chi connectivity index (χ2v) is 6.93. The van der Waals surface area contributed by atoms with E-state index in [9.17, 15) is 4.79 Å². The van der Waals surface area contributed by atoms with Crippen molar-refractivity contribution in [3.05, 3.63) is 46.4 Å². The normalized spacial score (nSPS) is 12.7. The lowest BCUT2D eigenvalue weighted by molar-refractivity contribution is 0.0636. The molecule has 118 valence electrons. The van der Waals surface area contributed by atoms with Crippen molar-refractivity contribution in [1.82, 2.24) is 4.98 Å². The molecule has 0 bridgehead atoms. The zero-order valence-electron chi connectivity index (χ0n) is 13.0. The summed E-state index contributed by atoms with van der Waals surface area (Å²) in [6, 6.07) is 7.45. The minimum absolute atomic E-state index is 0.142. The van der Waals surface area contributed by atoms with Gasteiger partial charge in [0, 0.05) is 17.3 Å². The third-order valence-corrected chi connectivity index (χ3v) is 3.70. The van der Waals surface area contributed by atoms with Gasteiger partial charge in [-0.2, -0.15) is 0 Å². The van der Waals surface area contributed by atoms with Crippen LogP contribution < -0.4 is 11.1 Å². The lowest BCUT2D eigenvalue weighted by atomic mass is 10.1. The molecule has 1 aromatic carbocycles. The van der Waals surface area contributed by atoms with Gasteiger partial charge in [-0.25, -0.2) is 9.78 Å². The number of thiazole rings is 1. The number of hydrogen-bond donors (Lipinski definition) is 2. The molecule has 22 heavy (non-hydrogen) atoms. The van der Waals surface area contributed by atoms with Crippen LogP contribution in [0.2, 0.25) is 0 Å². The number of carbonyl (C=O) groups is 1. The molecule has 0 saturated heterocycles. The highest BCUT2D eigenvalue weighted by atomic mass is 32.1. The molecule has 6 heteroatoms. The molecule has 1 atom stereocenters. The van der Waals surface area contributed by atoms with Crippen molar-refractivity contribution in [2.45, 2.75) is 38.8 Å². The molecule has 2 rings (SSSR count). The van der Waals surface area contributed by atoms with E-state index in [0.717, 1.165) is 10.6 Å². The Morgan fingerprint density at radius 1 is 1.45 bits per heavy atom. The zero-order chi connectivity index (χ0) is 16.2. The molecular formula is C16H21N3O2S. The molecule has 1 amide bonds. The van der Waals surface area contributed by atoms with Gasteiger partial charge in [-0.15, -0.1) is 11.3 Å². The number of ether oxygens (including phenoxy) is 1. The summed E-state index contributed by atoms with van der Waals surface area (Å²) >= 11 is 1.55. The number of nitrogens with two attached hydrogens (primary N) is 1. The lowest BCUT2D eigenvalue weighted by Crippen LogP contribution is -2.27. The number of nitrogens with one attached hydrogen (secondary N) is 1. The van der Waals surface area contributed by atoms with Gasteiger partial charge in [-0.1, -0.05) is 12.1 Å². The van der Waals surface area contributed by atoms with E-state index in [4.69, 9.17) is 10.5 Å². The van der Waals surface area contributed by atoms with Crippen molar-refractivity contribution < 1.29 is 9.53 Å². The third kappa shape index (κ3) is 5.13. The summed E-state index contributed by atoms with van der Waals surface area (Å²) in [5.41, 5.74) is 7.35. The molecule has 5 nitrogen and oxygen atoms in total. The fourth-order valence-electron chi connectivity index (χ4n) is 1.96. The standard InChI is InChI=1S/C16H21N3O2S/c1-16(2,3)21-15(20)19-12-6-4-5-11(9-12)10-13(17)14-18-7-8-22-14/h4-9,13H,10,17H2,1-3H3,(H,19,20)/t13-/m0/s1. The van der Waals surface area contributed by atoms with E-state index in [1.165, 1.54) is 0 Å². The predicted octanol–water partition coefficient (Wildman–Crippen LogP) is 3.73. The number of benzene rings is 1. The van der Waals surface area contributed by atoms with Gasteiger partial charge in [-0.05, 0) is 44.9 Å². The fraction of sp³-hybridized carbons (Fsp3) is 0.375. The maximum absolute atomic E-state index is 11.8. The Kier molecular flexibility index (Phi) is 5.15. The van der Waals surface area contributed by atoms with Gasteiger partial charge in [0.2, 0.25) is 0 Å². The van der Waals surface area contributed by atoms with Crippen LogP contribution in [0, 0.1) is 0 Å². The molecule has 0 saturated carbocycles. The average Bonchev–Trinajstić information content (AvgIpc) is 2.90. The molecule has 1 heterocycles. The molecule has 0 radical (unpaired) electrons. The van der Waals surface area contributed by atoms with Gasteiger partial charge in [0.05, 0.1) is 6.04 Å². The minimum atomic E-state index is -0.519. The molecule has 3 N–H and O–H groups in total. The summed E-state index contributed by atoms with van der Waals surface area (Å²) in [5.74, 6) is 0. The van der Waals surface area contributed by atoms with Gasteiger partial charge in [-0.3, -0.25) is 5.32 Å². The first-order chi connectivity index (χ1) is 10.3. The Morgan fingerprint density at radius 2 is 2.23 bits per heavy atom. The minimum Gasteiger partial charge on any atom is -0.444 e. The summed E-state index contributed by atoms with van der Waals surface area (Å²) in [7, 11) is 0. The van der Waals surface area contributed by atoms with Crippen LogP contribution in [0.4, 0.5) is 10.5 Å². The van der Waals surface area contributed by atoms with Crippen molar-refractivity contribution in [1.29, 1.82) is 0 Å². The van der Waals surface area contributed by atoms with E-state index < -0.39 is 11.7 Å². The van der Waals surface area contributed by atoms with E-state index in [1.54, 1.807) is 17.5 Å². The number of rotatable bonds is 4. The summed E-state index contributed by atoms with van der Waals surface area (Å²) in [5, 5.41) is 5.55. The lowest BCUT2D eigenvalue weighted by Gasteiger charge is -2.19. The van der Waals surface area contributed by atoms with Crippen LogP contribution in [0.25, 0.3) is 0 Å². The number of hydrogen-bond acceptors (Lipinski definition) is 5. The van der Waals surface area contributed by atoms with Crippen LogP contribution >= 0.6 is 11.3 Å². The van der Waals surface area contributed by atoms with Crippen LogP contribution in [0.15, 0.2) is 35.8 Å². The van der Waals surface area contributed by atoms with Crippen LogP contribution in [-0.2, 0) is 11.2 Å². The van der Waals surface area contributed by atoms with Crippen molar-refractivity contribution in [2.75, 3.05) is 5.32 Å². The first kappa shape index (κ1) is 16.5. The van der Waals surface area contributed by atoms with Crippen LogP contribution in [0.1, 0.15) is 37.4 Å². The van der Waals surface area contributed by atoms with Crippen molar-refractivity contribution in [2.24, 2.45) is 5.73 Å². The van der Waals surface area contributed by atoms with Gasteiger partial charge >= 0.3 is 6.09 Å². The quantitative estimate of drug-likeness (QED) is 0.900. The summed E-state index contributed by atoms with van der Waals surface area (Å²) < 4.78 is 5.24. The van der Waals surface area contributed by atoms with Crippen LogP contribution in [0.3, 0.4) is 0 Å². The number of aromatic nitrogens is 1. The second kappa shape index (κ2) is 6.89. The molecule has 0 aliphatic heterocycles. The first-order valence-corrected chi connectivity index (χ1v) is 7.95. The Bertz CT molecular complexity index is 621. The van der Waals surface area contributed by atoms with Crippen molar-refractivity contribution >= 4 is 23.1 Å². The zero-order valence-corrected chi connectivity index (χ0v) is 13.8.